The second-order valence-electron chi connectivity index (χ2n) is 5.26. The van der Waals surface area contributed by atoms with Crippen molar-refractivity contribution in [2.75, 3.05) is 20.3 Å². The summed E-state index contributed by atoms with van der Waals surface area (Å²) in [6, 6.07) is 14.4. The number of nitrogens with two attached hydrogens (primary N) is 1. The maximum atomic E-state index is 5.72. The van der Waals surface area contributed by atoms with Crippen LogP contribution in [0.15, 0.2) is 42.5 Å². The minimum Gasteiger partial charge on any atom is -0.496 e. The molecule has 0 aliphatic carbocycles. The summed E-state index contributed by atoms with van der Waals surface area (Å²) in [5.41, 5.74) is 3.74. The highest BCUT2D eigenvalue weighted by Crippen LogP contribution is 2.18. The second-order valence-corrected chi connectivity index (χ2v) is 5.26. The molecule has 0 radical (unpaired) electrons. The average molecular weight is 286 g/mol. The minimum atomic E-state index is 0.706. The van der Waals surface area contributed by atoms with Gasteiger partial charge in [0.2, 0.25) is 0 Å². The van der Waals surface area contributed by atoms with Crippen LogP contribution in [0.5, 0.6) is 11.5 Å². The number of hydrogen-bond donors (Lipinski definition) is 1. The molecule has 0 bridgehead atoms. The van der Waals surface area contributed by atoms with Crippen molar-refractivity contribution in [2.24, 2.45) is 0 Å². The maximum Gasteiger partial charge on any atom is 0.137 e. The quantitative estimate of drug-likeness (QED) is 0.794. The Balaban J connectivity index is 1.74. The Hall–Kier alpha value is -2.00. The third-order valence-corrected chi connectivity index (χ3v) is 3.41. The molecule has 0 saturated heterocycles. The van der Waals surface area contributed by atoms with Crippen molar-refractivity contribution in [3.8, 4) is 11.5 Å². The first kappa shape index (κ1) is 15.4. The van der Waals surface area contributed by atoms with Crippen LogP contribution in [0.1, 0.15) is 16.7 Å². The lowest BCUT2D eigenvalue weighted by Crippen LogP contribution is -2.83. The number of methoxy groups -OCH3 is 1. The van der Waals surface area contributed by atoms with Crippen LogP contribution in [0.3, 0.4) is 0 Å². The second kappa shape index (κ2) is 7.70. The summed E-state index contributed by atoms with van der Waals surface area (Å²) in [7, 11) is 1.72. The molecule has 3 nitrogen and oxygen atoms in total. The lowest BCUT2D eigenvalue weighted by molar-refractivity contribution is -0.671. The molecule has 0 spiro atoms. The zero-order valence-corrected chi connectivity index (χ0v) is 13.1. The van der Waals surface area contributed by atoms with E-state index >= 15 is 0 Å². The standard InChI is InChI=1S/C18H23NO2/c1-14-4-7-17(8-5-14)21-11-10-19-13-16-12-15(2)6-9-18(16)20-3/h4-9,12,19H,10-11,13H2,1-3H3/p+1. The van der Waals surface area contributed by atoms with Crippen LogP contribution >= 0.6 is 0 Å². The van der Waals surface area contributed by atoms with Crippen LogP contribution in [0.2, 0.25) is 0 Å². The zero-order chi connectivity index (χ0) is 15.1. The van der Waals surface area contributed by atoms with Gasteiger partial charge in [0.25, 0.3) is 0 Å². The van der Waals surface area contributed by atoms with Gasteiger partial charge in [-0.3, -0.25) is 0 Å². The highest BCUT2D eigenvalue weighted by molar-refractivity contribution is 5.36. The molecule has 2 aromatic carbocycles. The van der Waals surface area contributed by atoms with Gasteiger partial charge in [-0.05, 0) is 38.1 Å². The van der Waals surface area contributed by atoms with E-state index in [9.17, 15) is 0 Å². The maximum absolute atomic E-state index is 5.72. The third kappa shape index (κ3) is 4.80. The van der Waals surface area contributed by atoms with Crippen LogP contribution in [0.4, 0.5) is 0 Å². The first-order chi connectivity index (χ1) is 10.2. The third-order valence-electron chi connectivity index (χ3n) is 3.41. The molecule has 0 heterocycles. The summed E-state index contributed by atoms with van der Waals surface area (Å²) >= 11 is 0. The van der Waals surface area contributed by atoms with Crippen molar-refractivity contribution < 1.29 is 14.8 Å². The topological polar surface area (TPSA) is 35.1 Å². The van der Waals surface area contributed by atoms with Crippen molar-refractivity contribution in [1.82, 2.24) is 0 Å². The zero-order valence-electron chi connectivity index (χ0n) is 13.1. The Kier molecular flexibility index (Phi) is 5.64. The number of ether oxygens (including phenoxy) is 2. The summed E-state index contributed by atoms with van der Waals surface area (Å²) in [5, 5.41) is 2.24. The van der Waals surface area contributed by atoms with E-state index in [-0.39, 0.29) is 0 Å². The van der Waals surface area contributed by atoms with Crippen molar-refractivity contribution >= 4 is 0 Å². The number of quaternary nitrogens is 1. The number of benzene rings is 2. The van der Waals surface area contributed by atoms with Crippen molar-refractivity contribution in [1.29, 1.82) is 0 Å². The van der Waals surface area contributed by atoms with Gasteiger partial charge in [0.15, 0.2) is 0 Å². The van der Waals surface area contributed by atoms with Gasteiger partial charge in [0.1, 0.15) is 31.2 Å². The molecular weight excluding hydrogens is 262 g/mol. The summed E-state index contributed by atoms with van der Waals surface area (Å²) in [4.78, 5) is 0. The lowest BCUT2D eigenvalue weighted by atomic mass is 10.1. The molecule has 0 aromatic heterocycles. The van der Waals surface area contributed by atoms with E-state index in [0.717, 1.165) is 24.6 Å². The largest absolute Gasteiger partial charge is 0.496 e. The number of hydrogen-bond acceptors (Lipinski definition) is 2. The molecule has 2 rings (SSSR count). The Morgan fingerprint density at radius 1 is 0.952 bits per heavy atom. The first-order valence-electron chi connectivity index (χ1n) is 7.33. The van der Waals surface area contributed by atoms with Gasteiger partial charge in [0, 0.05) is 5.56 Å². The van der Waals surface area contributed by atoms with Gasteiger partial charge >= 0.3 is 0 Å². The molecule has 0 fully saturated rings. The SMILES string of the molecule is COc1ccc(C)cc1C[NH2+]CCOc1ccc(C)cc1. The fourth-order valence-electron chi connectivity index (χ4n) is 2.22. The normalized spacial score (nSPS) is 10.4. The summed E-state index contributed by atoms with van der Waals surface area (Å²) in [6.07, 6.45) is 0. The van der Waals surface area contributed by atoms with Crippen LogP contribution < -0.4 is 14.8 Å². The molecule has 21 heavy (non-hydrogen) atoms. The monoisotopic (exact) mass is 286 g/mol. The van der Waals surface area contributed by atoms with Gasteiger partial charge in [-0.25, -0.2) is 0 Å². The molecule has 0 aliphatic rings. The molecule has 0 atom stereocenters. The lowest BCUT2D eigenvalue weighted by Gasteiger charge is -2.09. The smallest absolute Gasteiger partial charge is 0.137 e. The van der Waals surface area contributed by atoms with E-state index in [4.69, 9.17) is 9.47 Å². The fourth-order valence-corrected chi connectivity index (χ4v) is 2.22. The van der Waals surface area contributed by atoms with Crippen LogP contribution in [0.25, 0.3) is 0 Å². The van der Waals surface area contributed by atoms with Crippen LogP contribution in [-0.2, 0) is 6.54 Å². The van der Waals surface area contributed by atoms with E-state index < -0.39 is 0 Å². The minimum absolute atomic E-state index is 0.706. The number of rotatable bonds is 7. The fraction of sp³-hybridized carbons (Fsp3) is 0.333. The highest BCUT2D eigenvalue weighted by Gasteiger charge is 2.04. The van der Waals surface area contributed by atoms with Crippen LogP contribution in [-0.4, -0.2) is 20.3 Å². The molecule has 0 amide bonds. The highest BCUT2D eigenvalue weighted by atomic mass is 16.5. The molecule has 112 valence electrons. The Bertz CT molecular complexity index is 564. The van der Waals surface area contributed by atoms with Gasteiger partial charge in [-0.2, -0.15) is 0 Å². The Morgan fingerprint density at radius 2 is 1.67 bits per heavy atom. The van der Waals surface area contributed by atoms with E-state index in [1.165, 1.54) is 16.7 Å². The Morgan fingerprint density at radius 3 is 2.38 bits per heavy atom. The summed E-state index contributed by atoms with van der Waals surface area (Å²) in [5.74, 6) is 1.89. The van der Waals surface area contributed by atoms with E-state index in [1.807, 2.05) is 18.2 Å². The Labute approximate surface area is 126 Å². The summed E-state index contributed by atoms with van der Waals surface area (Å²) < 4.78 is 11.1. The van der Waals surface area contributed by atoms with Gasteiger partial charge in [0.05, 0.1) is 7.11 Å². The van der Waals surface area contributed by atoms with Gasteiger partial charge in [-0.15, -0.1) is 0 Å². The molecule has 0 unspecified atom stereocenters. The van der Waals surface area contributed by atoms with Crippen molar-refractivity contribution in [2.45, 2.75) is 20.4 Å². The van der Waals surface area contributed by atoms with E-state index in [0.29, 0.717) is 6.61 Å². The molecular formula is C18H24NO2+. The average Bonchev–Trinajstić information content (AvgIpc) is 2.49. The van der Waals surface area contributed by atoms with Crippen LogP contribution in [0, 0.1) is 13.8 Å². The van der Waals surface area contributed by atoms with E-state index in [1.54, 1.807) is 7.11 Å². The summed E-state index contributed by atoms with van der Waals surface area (Å²) in [6.45, 7) is 6.71. The molecule has 2 N–H and O–H groups in total. The molecule has 0 saturated carbocycles. The van der Waals surface area contributed by atoms with Gasteiger partial charge < -0.3 is 14.8 Å². The van der Waals surface area contributed by atoms with Gasteiger partial charge in [-0.1, -0.05) is 29.3 Å². The molecule has 2 aromatic rings. The first-order valence-corrected chi connectivity index (χ1v) is 7.33. The predicted octanol–water partition coefficient (Wildman–Crippen LogP) is 2.45. The van der Waals surface area contributed by atoms with Crippen molar-refractivity contribution in [3.05, 3.63) is 59.2 Å². The molecule has 3 heteroatoms. The van der Waals surface area contributed by atoms with Crippen molar-refractivity contribution in [3.63, 3.8) is 0 Å². The van der Waals surface area contributed by atoms with E-state index in [2.05, 4.69) is 43.4 Å². The molecule has 0 aliphatic heterocycles. The number of aryl methyl sites for hydroxylation is 2. The predicted molar refractivity (Wildman–Crippen MR) is 84.9 cm³/mol.